The molecule has 4 nitrogen and oxygen atoms in total. The Morgan fingerprint density at radius 3 is 2.52 bits per heavy atom. The molecule has 0 aliphatic carbocycles. The number of nitrogens with one attached hydrogen (secondary N) is 1. The van der Waals surface area contributed by atoms with E-state index in [4.69, 9.17) is 4.74 Å². The summed E-state index contributed by atoms with van der Waals surface area (Å²) in [6.45, 7) is 2.54. The van der Waals surface area contributed by atoms with Crippen molar-refractivity contribution in [3.63, 3.8) is 0 Å². The van der Waals surface area contributed by atoms with Crippen molar-refractivity contribution in [2.75, 3.05) is 0 Å². The Morgan fingerprint density at radius 2 is 1.81 bits per heavy atom. The fraction of sp³-hybridized carbons (Fsp3) is 0.0909. The quantitative estimate of drug-likeness (QED) is 0.443. The highest BCUT2D eigenvalue weighted by molar-refractivity contribution is 9.10. The first-order valence-electron chi connectivity index (χ1n) is 8.47. The van der Waals surface area contributed by atoms with E-state index in [0.29, 0.717) is 17.9 Å². The lowest BCUT2D eigenvalue weighted by atomic mass is 10.2. The highest BCUT2D eigenvalue weighted by atomic mass is 79.9. The third-order valence-electron chi connectivity index (χ3n) is 3.87. The molecule has 0 aliphatic heterocycles. The Kier molecular flexibility index (Phi) is 6.39. The molecular formula is C22H19BrN2O2. The maximum Gasteiger partial charge on any atom is 0.271 e. The first-order valence-corrected chi connectivity index (χ1v) is 9.27. The first-order chi connectivity index (χ1) is 13.1. The monoisotopic (exact) mass is 422 g/mol. The second kappa shape index (κ2) is 9.14. The molecular weight excluding hydrogens is 404 g/mol. The van der Waals surface area contributed by atoms with Crippen molar-refractivity contribution < 1.29 is 9.53 Å². The molecule has 0 atom stereocenters. The van der Waals surface area contributed by atoms with Crippen LogP contribution in [-0.2, 0) is 6.61 Å². The molecule has 0 heterocycles. The number of halogens is 1. The summed E-state index contributed by atoms with van der Waals surface area (Å²) in [4.78, 5) is 12.1. The molecule has 0 unspecified atom stereocenters. The molecule has 3 aromatic rings. The van der Waals surface area contributed by atoms with Gasteiger partial charge in [0.05, 0.1) is 6.21 Å². The summed E-state index contributed by atoms with van der Waals surface area (Å²) in [7, 11) is 0. The average molecular weight is 423 g/mol. The van der Waals surface area contributed by atoms with E-state index in [2.05, 4.69) is 45.5 Å². The van der Waals surface area contributed by atoms with Gasteiger partial charge in [0.2, 0.25) is 0 Å². The standard InChI is InChI=1S/C22H19BrN2O2/c1-16-5-7-17(8-6-16)15-27-21-11-9-19(10-12-21)22(26)25-24-14-18-3-2-4-20(23)13-18/h2-14H,15H2,1H3,(H,25,26). The van der Waals surface area contributed by atoms with E-state index in [1.807, 2.05) is 36.4 Å². The molecule has 0 aromatic heterocycles. The predicted molar refractivity (Wildman–Crippen MR) is 111 cm³/mol. The van der Waals surface area contributed by atoms with Gasteiger partial charge in [0.1, 0.15) is 12.4 Å². The average Bonchev–Trinajstić information content (AvgIpc) is 2.68. The number of carbonyl (C=O) groups excluding carboxylic acids is 1. The van der Waals surface area contributed by atoms with Crippen LogP contribution in [0.2, 0.25) is 0 Å². The van der Waals surface area contributed by atoms with Crippen LogP contribution >= 0.6 is 15.9 Å². The van der Waals surface area contributed by atoms with Crippen molar-refractivity contribution in [1.82, 2.24) is 5.43 Å². The fourth-order valence-corrected chi connectivity index (χ4v) is 2.79. The van der Waals surface area contributed by atoms with Gasteiger partial charge < -0.3 is 4.74 Å². The van der Waals surface area contributed by atoms with Gasteiger partial charge in [0.15, 0.2) is 0 Å². The number of benzene rings is 3. The van der Waals surface area contributed by atoms with Crippen LogP contribution in [0.1, 0.15) is 27.0 Å². The maximum absolute atomic E-state index is 12.1. The van der Waals surface area contributed by atoms with Gasteiger partial charge in [0, 0.05) is 10.0 Å². The van der Waals surface area contributed by atoms with Crippen molar-refractivity contribution in [2.45, 2.75) is 13.5 Å². The van der Waals surface area contributed by atoms with Crippen LogP contribution in [0.25, 0.3) is 0 Å². The normalized spacial score (nSPS) is 10.7. The predicted octanol–water partition coefficient (Wildman–Crippen LogP) is 5.10. The lowest BCUT2D eigenvalue weighted by molar-refractivity contribution is 0.0955. The Balaban J connectivity index is 1.53. The van der Waals surface area contributed by atoms with Crippen LogP contribution in [-0.4, -0.2) is 12.1 Å². The van der Waals surface area contributed by atoms with E-state index in [1.165, 1.54) is 5.56 Å². The Morgan fingerprint density at radius 1 is 1.07 bits per heavy atom. The number of carbonyl (C=O) groups is 1. The molecule has 0 fully saturated rings. The zero-order valence-corrected chi connectivity index (χ0v) is 16.4. The molecule has 0 radical (unpaired) electrons. The Labute approximate surface area is 167 Å². The van der Waals surface area contributed by atoms with Gasteiger partial charge in [-0.25, -0.2) is 5.43 Å². The Bertz CT molecular complexity index is 935. The van der Waals surface area contributed by atoms with Crippen LogP contribution in [0.4, 0.5) is 0 Å². The second-order valence-electron chi connectivity index (χ2n) is 6.05. The molecule has 0 spiro atoms. The lowest BCUT2D eigenvalue weighted by Crippen LogP contribution is -2.17. The van der Waals surface area contributed by atoms with Gasteiger partial charge in [-0.3, -0.25) is 4.79 Å². The van der Waals surface area contributed by atoms with Crippen molar-refractivity contribution in [1.29, 1.82) is 0 Å². The lowest BCUT2D eigenvalue weighted by Gasteiger charge is -2.07. The summed E-state index contributed by atoms with van der Waals surface area (Å²) in [6.07, 6.45) is 1.60. The molecule has 1 N–H and O–H groups in total. The molecule has 0 saturated heterocycles. The number of rotatable bonds is 6. The third-order valence-corrected chi connectivity index (χ3v) is 4.36. The van der Waals surface area contributed by atoms with Crippen LogP contribution in [0.5, 0.6) is 5.75 Å². The van der Waals surface area contributed by atoms with E-state index in [9.17, 15) is 4.79 Å². The van der Waals surface area contributed by atoms with Crippen molar-refractivity contribution in [2.24, 2.45) is 5.10 Å². The summed E-state index contributed by atoms with van der Waals surface area (Å²) in [5.74, 6) is 0.441. The van der Waals surface area contributed by atoms with Crippen molar-refractivity contribution in [3.05, 3.63) is 99.5 Å². The van der Waals surface area contributed by atoms with Gasteiger partial charge >= 0.3 is 0 Å². The number of hydrogen-bond acceptors (Lipinski definition) is 3. The number of hydrogen-bond donors (Lipinski definition) is 1. The van der Waals surface area contributed by atoms with Crippen LogP contribution in [0, 0.1) is 6.92 Å². The molecule has 27 heavy (non-hydrogen) atoms. The molecule has 0 bridgehead atoms. The van der Waals surface area contributed by atoms with Crippen molar-refractivity contribution >= 4 is 28.1 Å². The highest BCUT2D eigenvalue weighted by Gasteiger charge is 2.04. The molecule has 3 rings (SSSR count). The van der Waals surface area contributed by atoms with Crippen molar-refractivity contribution in [3.8, 4) is 5.75 Å². The van der Waals surface area contributed by atoms with Crippen LogP contribution < -0.4 is 10.2 Å². The maximum atomic E-state index is 12.1. The molecule has 3 aromatic carbocycles. The summed E-state index contributed by atoms with van der Waals surface area (Å²) >= 11 is 3.40. The van der Waals surface area contributed by atoms with E-state index < -0.39 is 0 Å². The summed E-state index contributed by atoms with van der Waals surface area (Å²) in [5.41, 5.74) is 6.25. The molecule has 1 amide bonds. The first kappa shape index (κ1) is 18.9. The van der Waals surface area contributed by atoms with Gasteiger partial charge in [-0.1, -0.05) is 57.9 Å². The third kappa shape index (κ3) is 5.79. The number of nitrogens with zero attached hydrogens (tertiary/aromatic N) is 1. The van der Waals surface area contributed by atoms with E-state index in [0.717, 1.165) is 15.6 Å². The smallest absolute Gasteiger partial charge is 0.271 e. The summed E-state index contributed by atoms with van der Waals surface area (Å²) in [5, 5.41) is 3.99. The molecule has 136 valence electrons. The van der Waals surface area contributed by atoms with Gasteiger partial charge in [-0.15, -0.1) is 0 Å². The van der Waals surface area contributed by atoms with Crippen LogP contribution in [0.15, 0.2) is 82.4 Å². The van der Waals surface area contributed by atoms with Gasteiger partial charge in [-0.2, -0.15) is 5.10 Å². The zero-order chi connectivity index (χ0) is 19.1. The SMILES string of the molecule is Cc1ccc(COc2ccc(C(=O)NN=Cc3cccc(Br)c3)cc2)cc1. The minimum Gasteiger partial charge on any atom is -0.489 e. The largest absolute Gasteiger partial charge is 0.489 e. The number of aryl methyl sites for hydroxylation is 1. The Hall–Kier alpha value is -2.92. The highest BCUT2D eigenvalue weighted by Crippen LogP contribution is 2.15. The molecule has 5 heteroatoms. The van der Waals surface area contributed by atoms with E-state index in [1.54, 1.807) is 30.5 Å². The topological polar surface area (TPSA) is 50.7 Å². The molecule has 0 aliphatic rings. The minimum atomic E-state index is -0.272. The van der Waals surface area contributed by atoms with Gasteiger partial charge in [-0.05, 0) is 54.4 Å². The number of hydrazone groups is 1. The summed E-state index contributed by atoms with van der Waals surface area (Å²) in [6, 6.07) is 22.8. The van der Waals surface area contributed by atoms with E-state index in [-0.39, 0.29) is 5.91 Å². The molecule has 0 saturated carbocycles. The number of amides is 1. The zero-order valence-electron chi connectivity index (χ0n) is 14.9. The van der Waals surface area contributed by atoms with E-state index >= 15 is 0 Å². The number of ether oxygens (including phenoxy) is 1. The van der Waals surface area contributed by atoms with Gasteiger partial charge in [0.25, 0.3) is 5.91 Å². The summed E-state index contributed by atoms with van der Waals surface area (Å²) < 4.78 is 6.71. The second-order valence-corrected chi connectivity index (χ2v) is 6.97. The van der Waals surface area contributed by atoms with Crippen LogP contribution in [0.3, 0.4) is 0 Å². The fourth-order valence-electron chi connectivity index (χ4n) is 2.37. The minimum absolute atomic E-state index is 0.272.